The summed E-state index contributed by atoms with van der Waals surface area (Å²) in [6, 6.07) is -0.974. The molecule has 8 heteroatoms. The van der Waals surface area contributed by atoms with Crippen LogP contribution in [0.1, 0.15) is 0 Å². The van der Waals surface area contributed by atoms with E-state index >= 15 is 0 Å². The average molecular weight is 354 g/mol. The molecule has 0 bridgehead atoms. The van der Waals surface area contributed by atoms with Gasteiger partial charge in [-0.05, 0) is 0 Å². The molecule has 0 aliphatic carbocycles. The lowest BCUT2D eigenvalue weighted by Crippen LogP contribution is -2.55. The highest BCUT2D eigenvalue weighted by Gasteiger charge is 2.53. The van der Waals surface area contributed by atoms with Gasteiger partial charge < -0.3 is 20.2 Å². The molecule has 0 saturated carbocycles. The zero-order chi connectivity index (χ0) is 12.6. The van der Waals surface area contributed by atoms with Gasteiger partial charge in [0.1, 0.15) is 18.4 Å². The lowest BCUT2D eigenvalue weighted by atomic mass is 10.1. The molecule has 5 atom stereocenters. The summed E-state index contributed by atoms with van der Waals surface area (Å²) >= 11 is 1.97. The van der Waals surface area contributed by atoms with E-state index in [1.807, 2.05) is 22.6 Å². The summed E-state index contributed by atoms with van der Waals surface area (Å²) in [6.07, 6.45) is -1.05. The van der Waals surface area contributed by atoms with Crippen molar-refractivity contribution in [3.63, 3.8) is 0 Å². The number of ether oxygens (including phenoxy) is 1. The Morgan fingerprint density at radius 1 is 1.53 bits per heavy atom. The number of carbonyl (C=O) groups is 1. The van der Waals surface area contributed by atoms with Gasteiger partial charge in [-0.3, -0.25) is 0 Å². The Bertz CT molecular complexity index is 388. The highest BCUT2D eigenvalue weighted by Crippen LogP contribution is 2.31. The number of hydrogen-bond acceptors (Lipinski definition) is 5. The number of hydrogen-bond donors (Lipinski definition) is 2. The Balaban J connectivity index is 2.26. The minimum absolute atomic E-state index is 0.410. The molecular weight excluding hydrogens is 343 g/mol. The molecule has 1 fully saturated rings. The summed E-state index contributed by atoms with van der Waals surface area (Å²) in [7, 11) is 0. The number of allylic oxidation sites excluding steroid dienone is 1. The van der Waals surface area contributed by atoms with Crippen molar-refractivity contribution in [2.24, 2.45) is 4.99 Å². The average Bonchev–Trinajstić information content (AvgIpc) is 2.61. The van der Waals surface area contributed by atoms with Crippen molar-refractivity contribution >= 4 is 34.8 Å². The third-order valence-electron chi connectivity index (χ3n) is 2.74. The number of halogens is 1. The van der Waals surface area contributed by atoms with Crippen LogP contribution in [-0.2, 0) is 4.74 Å². The van der Waals surface area contributed by atoms with E-state index in [4.69, 9.17) is 4.74 Å². The van der Waals surface area contributed by atoms with Crippen molar-refractivity contribution in [1.82, 2.24) is 0 Å². The zero-order valence-electron chi connectivity index (χ0n) is 8.64. The quantitative estimate of drug-likeness (QED) is 0.312. The van der Waals surface area contributed by atoms with E-state index in [-0.39, 0.29) is 0 Å². The SMILES string of the molecule is O=C1N=CC=C[N+]1([O-])[C@@H]1O[C@H](CI)[C@@H](O)[C@H]1O. The highest BCUT2D eigenvalue weighted by molar-refractivity contribution is 14.1. The molecule has 7 nitrogen and oxygen atoms in total. The molecule has 1 saturated heterocycles. The fraction of sp³-hybridized carbons (Fsp3) is 0.556. The number of aliphatic hydroxyl groups excluding tert-OH is 2. The Kier molecular flexibility index (Phi) is 3.61. The summed E-state index contributed by atoms with van der Waals surface area (Å²) in [4.78, 5) is 14.9. The molecule has 94 valence electrons. The Labute approximate surface area is 111 Å². The largest absolute Gasteiger partial charge is 0.617 e. The number of rotatable bonds is 2. The number of urea groups is 1. The Morgan fingerprint density at radius 3 is 2.76 bits per heavy atom. The van der Waals surface area contributed by atoms with Crippen LogP contribution < -0.4 is 0 Å². The fourth-order valence-corrected chi connectivity index (χ4v) is 2.52. The van der Waals surface area contributed by atoms with Crippen LogP contribution in [0.25, 0.3) is 0 Å². The van der Waals surface area contributed by atoms with E-state index in [0.29, 0.717) is 4.43 Å². The molecule has 1 unspecified atom stereocenters. The van der Waals surface area contributed by atoms with Crippen molar-refractivity contribution in [3.8, 4) is 0 Å². The molecular formula is C9H11IN2O5. The molecule has 17 heavy (non-hydrogen) atoms. The molecule has 0 aromatic heterocycles. The standard InChI is InChI=1S/C9H11IN2O5/c10-4-5-6(13)7(14)8(17-5)12(16)3-1-2-11-9(12)15/h1-3,5-8,13-14H,4H2/t5-,6-,7-,8-,12?/m1/s1. The van der Waals surface area contributed by atoms with E-state index < -0.39 is 35.2 Å². The Hall–Kier alpha value is -0.390. The molecule has 2 aliphatic rings. The molecule has 2 N–H and O–H groups in total. The first kappa shape index (κ1) is 13.1. The van der Waals surface area contributed by atoms with E-state index in [1.165, 1.54) is 12.3 Å². The van der Waals surface area contributed by atoms with Crippen LogP contribution in [0, 0.1) is 5.21 Å². The van der Waals surface area contributed by atoms with Crippen LogP contribution in [0.3, 0.4) is 0 Å². The van der Waals surface area contributed by atoms with Gasteiger partial charge in [0.25, 0.3) is 0 Å². The maximum absolute atomic E-state index is 12.3. The normalized spacial score (nSPS) is 45.5. The molecule has 2 rings (SSSR count). The first-order valence-electron chi connectivity index (χ1n) is 4.94. The highest BCUT2D eigenvalue weighted by atomic mass is 127. The number of amides is 2. The number of nitrogens with zero attached hydrogens (tertiary/aromatic N) is 2. The molecule has 0 aromatic carbocycles. The second kappa shape index (κ2) is 4.71. The zero-order valence-corrected chi connectivity index (χ0v) is 10.8. The lowest BCUT2D eigenvalue weighted by molar-refractivity contribution is -0.806. The predicted molar refractivity (Wildman–Crippen MR) is 66.2 cm³/mol. The van der Waals surface area contributed by atoms with Gasteiger partial charge >= 0.3 is 6.03 Å². The summed E-state index contributed by atoms with van der Waals surface area (Å²) in [5, 5.41) is 31.7. The third-order valence-corrected chi connectivity index (χ3v) is 3.61. The van der Waals surface area contributed by atoms with Crippen molar-refractivity contribution < 1.29 is 24.4 Å². The number of hydroxylamine groups is 3. The molecule has 0 spiro atoms. The predicted octanol–water partition coefficient (Wildman–Crippen LogP) is -0.0992. The van der Waals surface area contributed by atoms with Crippen LogP contribution in [0.15, 0.2) is 17.3 Å². The summed E-state index contributed by atoms with van der Waals surface area (Å²) in [6.45, 7) is 0. The maximum Gasteiger partial charge on any atom is 0.449 e. The number of quaternary nitrogens is 1. The van der Waals surface area contributed by atoms with Crippen LogP contribution in [-0.4, -0.2) is 56.1 Å². The minimum atomic E-state index is -1.53. The fourth-order valence-electron chi connectivity index (χ4n) is 1.79. The minimum Gasteiger partial charge on any atom is -0.617 e. The van der Waals surface area contributed by atoms with Gasteiger partial charge in [-0.15, -0.1) is 0 Å². The van der Waals surface area contributed by atoms with Crippen molar-refractivity contribution in [3.05, 3.63) is 17.5 Å². The number of aliphatic hydroxyl groups is 2. The van der Waals surface area contributed by atoms with Crippen LogP contribution in [0.5, 0.6) is 0 Å². The van der Waals surface area contributed by atoms with Gasteiger partial charge in [0, 0.05) is 16.7 Å². The van der Waals surface area contributed by atoms with E-state index in [2.05, 4.69) is 4.99 Å². The molecule has 0 radical (unpaired) electrons. The van der Waals surface area contributed by atoms with Crippen molar-refractivity contribution in [2.75, 3.05) is 4.43 Å². The second-order valence-corrected chi connectivity index (χ2v) is 4.69. The first-order valence-corrected chi connectivity index (χ1v) is 6.46. The second-order valence-electron chi connectivity index (χ2n) is 3.81. The molecule has 2 aliphatic heterocycles. The molecule has 2 amide bonds. The van der Waals surface area contributed by atoms with E-state index in [0.717, 1.165) is 6.20 Å². The third kappa shape index (κ3) is 2.04. The van der Waals surface area contributed by atoms with Gasteiger partial charge in [0.05, 0.1) is 0 Å². The number of carbonyl (C=O) groups excluding carboxylic acids is 1. The van der Waals surface area contributed by atoms with Crippen LogP contribution in [0.4, 0.5) is 4.79 Å². The van der Waals surface area contributed by atoms with Crippen LogP contribution in [0.2, 0.25) is 0 Å². The van der Waals surface area contributed by atoms with E-state index in [9.17, 15) is 20.2 Å². The summed E-state index contributed by atoms with van der Waals surface area (Å²) < 4.78 is 4.14. The Morgan fingerprint density at radius 2 is 2.24 bits per heavy atom. The van der Waals surface area contributed by atoms with Gasteiger partial charge in [0.15, 0.2) is 6.10 Å². The van der Waals surface area contributed by atoms with Gasteiger partial charge in [-0.2, -0.15) is 4.99 Å². The molecule has 2 heterocycles. The van der Waals surface area contributed by atoms with Crippen LogP contribution >= 0.6 is 22.6 Å². The van der Waals surface area contributed by atoms with Gasteiger partial charge in [-0.25, -0.2) is 9.44 Å². The first-order chi connectivity index (χ1) is 8.00. The van der Waals surface area contributed by atoms with Crippen molar-refractivity contribution in [2.45, 2.75) is 24.5 Å². The van der Waals surface area contributed by atoms with E-state index in [1.54, 1.807) is 0 Å². The molecule has 0 aromatic rings. The topological polar surface area (TPSA) is 102 Å². The summed E-state index contributed by atoms with van der Waals surface area (Å²) in [5.41, 5.74) is 0. The van der Waals surface area contributed by atoms with Crippen molar-refractivity contribution in [1.29, 1.82) is 0 Å². The number of aliphatic imine (C=N–C) groups is 1. The monoisotopic (exact) mass is 354 g/mol. The number of alkyl halides is 1. The summed E-state index contributed by atoms with van der Waals surface area (Å²) in [5.74, 6) is 0. The van der Waals surface area contributed by atoms with Gasteiger partial charge in [0.2, 0.25) is 6.23 Å². The van der Waals surface area contributed by atoms with Gasteiger partial charge in [-0.1, -0.05) is 22.6 Å². The smallest absolute Gasteiger partial charge is 0.449 e. The lowest BCUT2D eigenvalue weighted by Gasteiger charge is -2.40. The maximum atomic E-state index is 12.3.